The maximum absolute atomic E-state index is 14.1. The number of Topliss-reactive ketones (excluding diaryl/α,β-unsaturated/α-hetero) is 1. The standard InChI is InChI=1S/C77H66Cl2N6O13/c1-5-53-22-30-68(96-53)85-42-49(75(91)83-77(85)94)8-6-7-32-95-33-31-80-73(89)46-15-10-44(11-16-46)14-28-63(87)48-19-24-54(76(92)93)59(35-48)70-57-26-21-52(86)39-67(57)98-72-58(70)27-29-64(88)61(72)41-82-74(90)47-17-12-45(13-18-47)40-81-62-37-50(78)36-60(71(62)79)69-55-23-9-43(2)34-65(55)97-66-38-51(84(3)4)20-25-56(66)69/h9-13,15-21,23-27,29,34-39,42,53,68,81H,5,8,14,22,28,30-33,40-41H2,1-4H3,(H4-,80,82,83,86,88,89,90,91,92,93,94)/p+1/t53-,68-/m1/s1. The van der Waals surface area contributed by atoms with Crippen LogP contribution in [0.5, 0.6) is 5.75 Å². The van der Waals surface area contributed by atoms with E-state index in [9.17, 15) is 43.8 Å². The molecular formula is C77H67Cl2N6O13+. The molecule has 19 nitrogen and oxygen atoms in total. The lowest BCUT2D eigenvalue weighted by Crippen LogP contribution is -2.34. The van der Waals surface area contributed by atoms with Crippen molar-refractivity contribution in [2.75, 3.05) is 39.2 Å². The summed E-state index contributed by atoms with van der Waals surface area (Å²) in [6.45, 7) is 4.52. The second kappa shape index (κ2) is 29.2. The Morgan fingerprint density at radius 3 is 2.16 bits per heavy atom. The fourth-order valence-electron chi connectivity index (χ4n) is 12.2. The Kier molecular flexibility index (Phi) is 20.0. The number of aryl methyl sites for hydroxylation is 2. The van der Waals surface area contributed by atoms with Crippen LogP contribution in [0.15, 0.2) is 175 Å². The average Bonchev–Trinajstić information content (AvgIpc) is 0.811. The smallest absolute Gasteiger partial charge is 0.336 e. The largest absolute Gasteiger partial charge is 0.507 e. The maximum atomic E-state index is 14.1. The van der Waals surface area contributed by atoms with Crippen molar-refractivity contribution in [3.8, 4) is 62.5 Å². The zero-order valence-electron chi connectivity index (χ0n) is 53.9. The molecule has 2 aliphatic carbocycles. The molecule has 2 amide bonds. The quantitative estimate of drug-likeness (QED) is 0.0128. The molecule has 1 fully saturated rings. The Morgan fingerprint density at radius 2 is 1.43 bits per heavy atom. The molecule has 7 aromatic rings. The predicted molar refractivity (Wildman–Crippen MR) is 377 cm³/mol. The first-order chi connectivity index (χ1) is 47.3. The van der Waals surface area contributed by atoms with Gasteiger partial charge in [-0.05, 0) is 140 Å². The molecule has 12 rings (SSSR count). The van der Waals surface area contributed by atoms with E-state index in [0.717, 1.165) is 57.0 Å². The van der Waals surface area contributed by atoms with Crippen LogP contribution in [-0.2, 0) is 35.4 Å². The van der Waals surface area contributed by atoms with Gasteiger partial charge in [-0.15, -0.1) is 0 Å². The van der Waals surface area contributed by atoms with Gasteiger partial charge in [-0.1, -0.05) is 84.4 Å². The van der Waals surface area contributed by atoms with E-state index in [1.807, 2.05) is 75.0 Å². The molecule has 4 heterocycles. The third-order valence-corrected chi connectivity index (χ3v) is 18.1. The number of H-pyrrole nitrogens is 1. The van der Waals surface area contributed by atoms with E-state index in [1.165, 1.54) is 53.2 Å². The minimum Gasteiger partial charge on any atom is -0.507 e. The van der Waals surface area contributed by atoms with Gasteiger partial charge in [-0.2, -0.15) is 0 Å². The van der Waals surface area contributed by atoms with Gasteiger partial charge in [0.1, 0.15) is 55.4 Å². The number of carboxylic acid groups (broad SMARTS) is 1. The summed E-state index contributed by atoms with van der Waals surface area (Å²) in [4.78, 5) is 94.2. The molecule has 496 valence electrons. The predicted octanol–water partition coefficient (Wildman–Crippen LogP) is 12.4. The first-order valence-electron chi connectivity index (χ1n) is 31.9. The van der Waals surface area contributed by atoms with Gasteiger partial charge in [0.05, 0.1) is 47.2 Å². The van der Waals surface area contributed by atoms with E-state index >= 15 is 0 Å². The van der Waals surface area contributed by atoms with Gasteiger partial charge < -0.3 is 44.5 Å². The minimum atomic E-state index is -1.29. The zero-order chi connectivity index (χ0) is 68.9. The summed E-state index contributed by atoms with van der Waals surface area (Å²) in [7, 11) is 3.94. The van der Waals surface area contributed by atoms with Gasteiger partial charge in [0.25, 0.3) is 17.4 Å². The van der Waals surface area contributed by atoms with Gasteiger partial charge >= 0.3 is 11.7 Å². The molecule has 3 aliphatic heterocycles. The summed E-state index contributed by atoms with van der Waals surface area (Å²) >= 11 is 14.1. The number of anilines is 1. The maximum Gasteiger partial charge on any atom is 0.336 e. The molecule has 1 aromatic heterocycles. The van der Waals surface area contributed by atoms with Crippen molar-refractivity contribution in [2.45, 2.75) is 77.8 Å². The lowest BCUT2D eigenvalue weighted by Gasteiger charge is -2.19. The van der Waals surface area contributed by atoms with Crippen LogP contribution < -0.4 is 42.6 Å². The molecule has 6 N–H and O–H groups in total. The number of rotatable bonds is 21. The number of aromatic amines is 1. The molecule has 0 saturated carbocycles. The van der Waals surface area contributed by atoms with Gasteiger partial charge in [0.15, 0.2) is 11.2 Å². The third kappa shape index (κ3) is 14.6. The topological polar surface area (TPSA) is 265 Å². The molecule has 0 spiro atoms. The van der Waals surface area contributed by atoms with Crippen LogP contribution in [0.3, 0.4) is 0 Å². The minimum absolute atomic E-state index is 0.0254. The number of phenolic OH excluding ortho intramolecular Hbond substituents is 1. The molecule has 5 aliphatic rings. The van der Waals surface area contributed by atoms with Crippen LogP contribution in [0, 0.1) is 18.8 Å². The van der Waals surface area contributed by atoms with Crippen LogP contribution >= 0.6 is 23.2 Å². The van der Waals surface area contributed by atoms with E-state index in [0.29, 0.717) is 79.7 Å². The second-order valence-corrected chi connectivity index (χ2v) is 25.0. The summed E-state index contributed by atoms with van der Waals surface area (Å²) in [6, 6.07) is 40.7. The molecule has 0 unspecified atom stereocenters. The third-order valence-electron chi connectivity index (χ3n) is 17.4. The number of fused-ring (bicyclic) bond motifs is 4. The molecule has 6 aromatic carbocycles. The molecule has 1 saturated heterocycles. The monoisotopic (exact) mass is 1350 g/mol. The van der Waals surface area contributed by atoms with Crippen molar-refractivity contribution in [3.05, 3.63) is 248 Å². The highest BCUT2D eigenvalue weighted by atomic mass is 35.5. The van der Waals surface area contributed by atoms with E-state index < -0.39 is 34.8 Å². The second-order valence-electron chi connectivity index (χ2n) is 24.2. The summed E-state index contributed by atoms with van der Waals surface area (Å²) < 4.78 is 27.8. The van der Waals surface area contributed by atoms with Gasteiger partial charge in [-0.3, -0.25) is 33.5 Å². The van der Waals surface area contributed by atoms with Crippen LogP contribution in [-0.4, -0.2) is 83.3 Å². The number of phenols is 1. The number of hydrogen-bond acceptors (Lipinski definition) is 13. The fraction of sp³-hybridized carbons (Fsp3) is 0.221. The number of carbonyl (C=O) groups is 4. The highest BCUT2D eigenvalue weighted by molar-refractivity contribution is 6.38. The van der Waals surface area contributed by atoms with Gasteiger partial charge in [-0.25, -0.2) is 14.2 Å². The Bertz CT molecular complexity index is 5230. The van der Waals surface area contributed by atoms with Crippen LogP contribution in [0.1, 0.15) is 108 Å². The Balaban J connectivity index is 0.689. The first-order valence-corrected chi connectivity index (χ1v) is 32.6. The summed E-state index contributed by atoms with van der Waals surface area (Å²) in [5, 5.41) is 34.3. The number of halogens is 2. The van der Waals surface area contributed by atoms with Gasteiger partial charge in [0.2, 0.25) is 5.36 Å². The summed E-state index contributed by atoms with van der Waals surface area (Å²) in [6.07, 6.45) is 3.90. The Labute approximate surface area is 571 Å². The molecule has 21 heteroatoms. The fourth-order valence-corrected chi connectivity index (χ4v) is 12.7. The Hall–Kier alpha value is -10.9. The number of aromatic carboxylic acids is 1. The number of ether oxygens (including phenoxy) is 2. The number of benzene rings is 8. The zero-order valence-corrected chi connectivity index (χ0v) is 55.4. The number of aromatic hydroxyl groups is 1. The highest BCUT2D eigenvalue weighted by Gasteiger charge is 2.29. The number of carboxylic acids is 1. The van der Waals surface area contributed by atoms with Crippen molar-refractivity contribution in [3.63, 3.8) is 0 Å². The number of nitrogens with zero attached hydrogens (tertiary/aromatic N) is 2. The number of carbonyl (C=O) groups excluding carboxylic acids is 3. The van der Waals surface area contributed by atoms with E-state index in [1.54, 1.807) is 60.7 Å². The number of amides is 2. The van der Waals surface area contributed by atoms with Crippen LogP contribution in [0.25, 0.3) is 66.8 Å². The molecular weight excluding hydrogens is 1290 g/mol. The SMILES string of the molecule is CC[C@@H]1CC[C@H](n2cc(CC#CCOCCNC(=O)c3ccc(CCC(=O)c4ccc(C(=O)O)c(-c5c6ccc(=O)cc-6oc6c(CNC(=O)c7ccc(CNc8cc(Cl)cc(-c9c%10ccc(=[N+](C)C)cc-%10oc%10cc(C)ccc9%10)c8Cl)cc7)c(O)ccc56)c4)cc3)c(=O)[nH]c2=O)O1. The van der Waals surface area contributed by atoms with Crippen molar-refractivity contribution in [2.24, 2.45) is 0 Å². The average molecular weight is 1360 g/mol. The first kappa shape index (κ1) is 67.1. The molecule has 0 radical (unpaired) electrons. The van der Waals surface area contributed by atoms with Crippen LogP contribution in [0.2, 0.25) is 10.0 Å². The van der Waals surface area contributed by atoms with Crippen LogP contribution in [0.4, 0.5) is 5.69 Å². The van der Waals surface area contributed by atoms with Gasteiger partial charge in [0, 0.05) is 110 Å². The highest BCUT2D eigenvalue weighted by Crippen LogP contribution is 2.47. The van der Waals surface area contributed by atoms with E-state index in [4.69, 9.17) is 41.5 Å². The number of aromatic nitrogens is 2. The number of ketones is 1. The number of nitrogens with one attached hydrogen (secondary N) is 4. The van der Waals surface area contributed by atoms with E-state index in [2.05, 4.69) is 32.8 Å². The van der Waals surface area contributed by atoms with Crippen molar-refractivity contribution in [1.82, 2.24) is 24.8 Å². The molecule has 2 atom stereocenters. The van der Waals surface area contributed by atoms with E-state index in [-0.39, 0.29) is 96.3 Å². The normalized spacial score (nSPS) is 13.6. The lowest BCUT2D eigenvalue weighted by atomic mass is 9.88. The van der Waals surface area contributed by atoms with Crippen molar-refractivity contribution < 1.29 is 47.7 Å². The van der Waals surface area contributed by atoms with Crippen molar-refractivity contribution >= 4 is 74.4 Å². The van der Waals surface area contributed by atoms with Crippen molar-refractivity contribution in [1.29, 1.82) is 0 Å². The Morgan fingerprint density at radius 1 is 0.724 bits per heavy atom. The molecule has 0 bridgehead atoms. The lowest BCUT2D eigenvalue weighted by molar-refractivity contribution is -0.00214. The molecule has 98 heavy (non-hydrogen) atoms. The summed E-state index contributed by atoms with van der Waals surface area (Å²) in [5.41, 5.74) is 7.07. The number of hydrogen-bond donors (Lipinski definition) is 6. The summed E-state index contributed by atoms with van der Waals surface area (Å²) in [5.74, 6) is 3.86.